The molecule has 1 heterocycles. The van der Waals surface area contributed by atoms with E-state index < -0.39 is 0 Å². The number of hydrogen-bond acceptors (Lipinski definition) is 3. The molecule has 1 aliphatic heterocycles. The van der Waals surface area contributed by atoms with Gasteiger partial charge in [-0.15, -0.1) is 0 Å². The van der Waals surface area contributed by atoms with Crippen molar-refractivity contribution in [3.05, 3.63) is 33.8 Å². The first kappa shape index (κ1) is 13.1. The number of benzene rings is 1. The average Bonchev–Trinajstić information content (AvgIpc) is 2.37. The van der Waals surface area contributed by atoms with Gasteiger partial charge in [0.25, 0.3) is 0 Å². The second-order valence-electron chi connectivity index (χ2n) is 3.99. The summed E-state index contributed by atoms with van der Waals surface area (Å²) in [6.07, 6.45) is 0. The molecular formula is C12H15Cl2NO2. The fourth-order valence-electron chi connectivity index (χ4n) is 2.08. The molecule has 17 heavy (non-hydrogen) atoms. The van der Waals surface area contributed by atoms with Crippen LogP contribution in [-0.4, -0.2) is 42.9 Å². The minimum Gasteiger partial charge on any atom is -0.394 e. The number of aliphatic hydroxyl groups is 1. The van der Waals surface area contributed by atoms with Crippen molar-refractivity contribution in [2.75, 3.05) is 32.9 Å². The summed E-state index contributed by atoms with van der Waals surface area (Å²) in [5.74, 6) is 0. The number of morpholine rings is 1. The van der Waals surface area contributed by atoms with Crippen molar-refractivity contribution >= 4 is 23.2 Å². The van der Waals surface area contributed by atoms with Crippen molar-refractivity contribution in [1.29, 1.82) is 0 Å². The van der Waals surface area contributed by atoms with Crippen LogP contribution in [0.3, 0.4) is 0 Å². The van der Waals surface area contributed by atoms with Gasteiger partial charge in [0.15, 0.2) is 0 Å². The molecule has 0 amide bonds. The Balaban J connectivity index is 2.24. The molecule has 5 heteroatoms. The van der Waals surface area contributed by atoms with Gasteiger partial charge in [0, 0.05) is 13.1 Å². The van der Waals surface area contributed by atoms with Gasteiger partial charge < -0.3 is 9.84 Å². The number of rotatable bonds is 3. The standard InChI is InChI=1S/C12H15Cl2NO2/c13-10-3-1-2-9(12(10)14)11(8-16)15-4-6-17-7-5-15/h1-3,11,16H,4-8H2. The van der Waals surface area contributed by atoms with E-state index in [1.807, 2.05) is 12.1 Å². The van der Waals surface area contributed by atoms with Crippen molar-refractivity contribution in [2.45, 2.75) is 6.04 Å². The molecule has 1 unspecified atom stereocenters. The van der Waals surface area contributed by atoms with Gasteiger partial charge in [-0.3, -0.25) is 4.90 Å². The molecule has 1 N–H and O–H groups in total. The molecular weight excluding hydrogens is 261 g/mol. The summed E-state index contributed by atoms with van der Waals surface area (Å²) < 4.78 is 5.30. The Kier molecular flexibility index (Phi) is 4.65. The molecule has 94 valence electrons. The highest BCUT2D eigenvalue weighted by Crippen LogP contribution is 2.32. The van der Waals surface area contributed by atoms with Crippen molar-refractivity contribution < 1.29 is 9.84 Å². The fraction of sp³-hybridized carbons (Fsp3) is 0.500. The lowest BCUT2D eigenvalue weighted by molar-refractivity contribution is 0.00262. The van der Waals surface area contributed by atoms with Crippen LogP contribution >= 0.6 is 23.2 Å². The first-order chi connectivity index (χ1) is 8.24. The third-order valence-corrected chi connectivity index (χ3v) is 3.83. The summed E-state index contributed by atoms with van der Waals surface area (Å²) >= 11 is 12.2. The van der Waals surface area contributed by atoms with E-state index in [1.54, 1.807) is 6.07 Å². The molecule has 1 aliphatic rings. The lowest BCUT2D eigenvalue weighted by Gasteiger charge is -2.34. The molecule has 3 nitrogen and oxygen atoms in total. The molecule has 0 spiro atoms. The van der Waals surface area contributed by atoms with E-state index in [0.717, 1.165) is 18.7 Å². The van der Waals surface area contributed by atoms with Gasteiger partial charge in [-0.25, -0.2) is 0 Å². The molecule has 0 bridgehead atoms. The molecule has 1 aromatic rings. The normalized spacial score (nSPS) is 19.2. The average molecular weight is 276 g/mol. The van der Waals surface area contributed by atoms with Gasteiger partial charge in [0.2, 0.25) is 0 Å². The minimum atomic E-state index is -0.106. The zero-order valence-electron chi connectivity index (χ0n) is 9.40. The number of hydrogen-bond donors (Lipinski definition) is 1. The van der Waals surface area contributed by atoms with Crippen LogP contribution < -0.4 is 0 Å². The topological polar surface area (TPSA) is 32.7 Å². The summed E-state index contributed by atoms with van der Waals surface area (Å²) in [4.78, 5) is 2.17. The Labute approximate surface area is 111 Å². The summed E-state index contributed by atoms with van der Waals surface area (Å²) in [5.41, 5.74) is 0.878. The van der Waals surface area contributed by atoms with Crippen molar-refractivity contribution in [3.8, 4) is 0 Å². The van der Waals surface area contributed by atoms with Crippen LogP contribution in [0.5, 0.6) is 0 Å². The molecule has 0 saturated carbocycles. The maximum atomic E-state index is 9.56. The Morgan fingerprint density at radius 1 is 1.29 bits per heavy atom. The zero-order valence-corrected chi connectivity index (χ0v) is 10.9. The highest BCUT2D eigenvalue weighted by atomic mass is 35.5. The van der Waals surface area contributed by atoms with Crippen LogP contribution in [0.4, 0.5) is 0 Å². The van der Waals surface area contributed by atoms with Crippen LogP contribution in [0.25, 0.3) is 0 Å². The van der Waals surface area contributed by atoms with E-state index in [1.165, 1.54) is 0 Å². The zero-order chi connectivity index (χ0) is 12.3. The number of aliphatic hydroxyl groups excluding tert-OH is 1. The first-order valence-electron chi connectivity index (χ1n) is 5.60. The number of halogens is 2. The predicted octanol–water partition coefficient (Wildman–Crippen LogP) is 2.36. The van der Waals surface area contributed by atoms with Gasteiger partial charge in [-0.1, -0.05) is 35.3 Å². The van der Waals surface area contributed by atoms with Gasteiger partial charge in [0.05, 0.1) is 35.9 Å². The molecule has 1 fully saturated rings. The quantitative estimate of drug-likeness (QED) is 0.920. The largest absolute Gasteiger partial charge is 0.394 e. The smallest absolute Gasteiger partial charge is 0.0641 e. The Hall–Kier alpha value is -0.320. The predicted molar refractivity (Wildman–Crippen MR) is 68.7 cm³/mol. The molecule has 1 aromatic carbocycles. The van der Waals surface area contributed by atoms with Crippen molar-refractivity contribution in [1.82, 2.24) is 4.90 Å². The molecule has 0 aromatic heterocycles. The Morgan fingerprint density at radius 3 is 2.65 bits per heavy atom. The van der Waals surface area contributed by atoms with Gasteiger partial charge in [0.1, 0.15) is 0 Å². The highest BCUT2D eigenvalue weighted by Gasteiger charge is 2.24. The fourth-order valence-corrected chi connectivity index (χ4v) is 2.51. The van der Waals surface area contributed by atoms with Crippen LogP contribution in [0.1, 0.15) is 11.6 Å². The first-order valence-corrected chi connectivity index (χ1v) is 6.36. The summed E-state index contributed by atoms with van der Waals surface area (Å²) in [6, 6.07) is 5.41. The minimum absolute atomic E-state index is 0.0278. The van der Waals surface area contributed by atoms with E-state index in [0.29, 0.717) is 23.3 Å². The summed E-state index contributed by atoms with van der Waals surface area (Å²) in [6.45, 7) is 3.01. The van der Waals surface area contributed by atoms with Gasteiger partial charge in [-0.05, 0) is 11.6 Å². The molecule has 1 atom stereocenters. The van der Waals surface area contributed by atoms with Gasteiger partial charge in [-0.2, -0.15) is 0 Å². The SMILES string of the molecule is OCC(c1cccc(Cl)c1Cl)N1CCOCC1. The Bertz CT molecular complexity index is 381. The summed E-state index contributed by atoms with van der Waals surface area (Å²) in [7, 11) is 0. The van der Waals surface area contributed by atoms with Crippen LogP contribution in [-0.2, 0) is 4.74 Å². The molecule has 2 rings (SSSR count). The van der Waals surface area contributed by atoms with Crippen molar-refractivity contribution in [3.63, 3.8) is 0 Å². The third kappa shape index (κ3) is 2.92. The third-order valence-electron chi connectivity index (χ3n) is 3.00. The maximum absolute atomic E-state index is 9.56. The van der Waals surface area contributed by atoms with E-state index in [2.05, 4.69) is 4.90 Å². The summed E-state index contributed by atoms with van der Waals surface area (Å²) in [5, 5.41) is 10.6. The Morgan fingerprint density at radius 2 is 2.00 bits per heavy atom. The lowest BCUT2D eigenvalue weighted by atomic mass is 10.1. The number of nitrogens with zero attached hydrogens (tertiary/aromatic N) is 1. The van der Waals surface area contributed by atoms with Crippen molar-refractivity contribution in [2.24, 2.45) is 0 Å². The van der Waals surface area contributed by atoms with E-state index in [-0.39, 0.29) is 12.6 Å². The van der Waals surface area contributed by atoms with Crippen LogP contribution in [0.15, 0.2) is 18.2 Å². The van der Waals surface area contributed by atoms with E-state index in [9.17, 15) is 5.11 Å². The monoisotopic (exact) mass is 275 g/mol. The second kappa shape index (κ2) is 6.03. The van der Waals surface area contributed by atoms with Gasteiger partial charge >= 0.3 is 0 Å². The van der Waals surface area contributed by atoms with E-state index >= 15 is 0 Å². The molecule has 0 radical (unpaired) electrons. The number of ether oxygens (including phenoxy) is 1. The maximum Gasteiger partial charge on any atom is 0.0641 e. The van der Waals surface area contributed by atoms with E-state index in [4.69, 9.17) is 27.9 Å². The highest BCUT2D eigenvalue weighted by molar-refractivity contribution is 6.42. The molecule has 1 saturated heterocycles. The van der Waals surface area contributed by atoms with Crippen LogP contribution in [0.2, 0.25) is 10.0 Å². The molecule has 0 aliphatic carbocycles. The second-order valence-corrected chi connectivity index (χ2v) is 4.77. The lowest BCUT2D eigenvalue weighted by Crippen LogP contribution is -2.40. The van der Waals surface area contributed by atoms with Crippen LogP contribution in [0, 0.1) is 0 Å².